The third-order valence-corrected chi connectivity index (χ3v) is 9.90. The summed E-state index contributed by atoms with van der Waals surface area (Å²) in [6, 6.07) is 2.80. The van der Waals surface area contributed by atoms with Crippen LogP contribution in [0.25, 0.3) is 0 Å². The smallest absolute Gasteiger partial charge is 0.352 e. The number of carbonyl (C=O) groups excluding carboxylic acids is 3. The molecule has 15 heteroatoms. The van der Waals surface area contributed by atoms with Crippen LogP contribution in [0.3, 0.4) is 0 Å². The summed E-state index contributed by atoms with van der Waals surface area (Å²) < 4.78 is 1.77. The highest BCUT2D eigenvalue weighted by Gasteiger charge is 2.54. The number of aliphatic carboxylic acids is 1. The Morgan fingerprint density at radius 2 is 2.02 bits per heavy atom. The number of thioether (sulfide) groups is 2. The molecule has 2 aliphatic heterocycles. The summed E-state index contributed by atoms with van der Waals surface area (Å²) in [4.78, 5) is 61.9. The summed E-state index contributed by atoms with van der Waals surface area (Å²) in [7, 11) is 0. The average Bonchev–Trinajstić information content (AvgIpc) is 3.62. The fourth-order valence-corrected chi connectivity index (χ4v) is 7.72. The molecule has 2 fully saturated rings. The van der Waals surface area contributed by atoms with E-state index in [0.29, 0.717) is 17.1 Å². The normalized spacial score (nSPS) is 21.0. The molecule has 0 bridgehead atoms. The molecule has 1 aliphatic carbocycles. The summed E-state index contributed by atoms with van der Waals surface area (Å²) >= 11 is 4.00. The number of hydrogen-bond donors (Lipinski definition) is 3. The SMILES string of the molecule is CC(=O)C[n+]1ccc(SCC2=C(C(=O)O)N3C(=O)[C@@H](NC(=O)/C(=N/OC4CCCC4)c4csc(N)n4)[C@H]3SC2)cc1. The van der Waals surface area contributed by atoms with E-state index in [1.165, 1.54) is 35.3 Å². The monoisotopic (exact) mass is 617 g/mol. The second kappa shape index (κ2) is 12.6. The Kier molecular flexibility index (Phi) is 8.94. The molecule has 41 heavy (non-hydrogen) atoms. The number of hydrogen-bond acceptors (Lipinski definition) is 11. The molecule has 2 aromatic heterocycles. The maximum Gasteiger partial charge on any atom is 0.352 e. The van der Waals surface area contributed by atoms with Crippen molar-refractivity contribution in [1.29, 1.82) is 0 Å². The van der Waals surface area contributed by atoms with Crippen molar-refractivity contribution in [3.05, 3.63) is 46.9 Å². The van der Waals surface area contributed by atoms with E-state index in [1.54, 1.807) is 22.3 Å². The predicted octanol–water partition coefficient (Wildman–Crippen LogP) is 1.80. The maximum absolute atomic E-state index is 13.3. The zero-order chi connectivity index (χ0) is 29.1. The number of oxime groups is 1. The zero-order valence-corrected chi connectivity index (χ0v) is 24.6. The van der Waals surface area contributed by atoms with Crippen molar-refractivity contribution < 1.29 is 33.7 Å². The number of amides is 2. The lowest BCUT2D eigenvalue weighted by atomic mass is 10.0. The van der Waals surface area contributed by atoms with Gasteiger partial charge in [0.1, 0.15) is 28.9 Å². The van der Waals surface area contributed by atoms with Crippen LogP contribution in [0, 0.1) is 0 Å². The Labute approximate surface area is 248 Å². The van der Waals surface area contributed by atoms with Crippen LogP contribution in [0.5, 0.6) is 0 Å². The summed E-state index contributed by atoms with van der Waals surface area (Å²) in [5, 5.41) is 18.1. The Morgan fingerprint density at radius 3 is 2.66 bits per heavy atom. The van der Waals surface area contributed by atoms with E-state index in [-0.39, 0.29) is 40.7 Å². The Balaban J connectivity index is 1.27. The van der Waals surface area contributed by atoms with Crippen molar-refractivity contribution in [2.45, 2.75) is 61.6 Å². The van der Waals surface area contributed by atoms with Gasteiger partial charge in [-0.3, -0.25) is 19.3 Å². The number of nitrogens with zero attached hydrogens (tertiary/aromatic N) is 4. The molecule has 4 N–H and O–H groups in total. The summed E-state index contributed by atoms with van der Waals surface area (Å²) in [6.45, 7) is 1.80. The number of ketones is 1. The lowest BCUT2D eigenvalue weighted by molar-refractivity contribution is -0.684. The molecule has 3 aliphatic rings. The number of rotatable bonds is 11. The maximum atomic E-state index is 13.3. The number of fused-ring (bicyclic) bond motifs is 1. The number of aromatic nitrogens is 2. The number of carboxylic acid groups (broad SMARTS) is 1. The number of β-lactam (4-membered cyclic amide) rings is 1. The topological polar surface area (TPSA) is 168 Å². The molecule has 0 spiro atoms. The largest absolute Gasteiger partial charge is 0.477 e. The van der Waals surface area contributed by atoms with Gasteiger partial charge < -0.3 is 21.0 Å². The van der Waals surface area contributed by atoms with Crippen LogP contribution in [0.2, 0.25) is 0 Å². The van der Waals surface area contributed by atoms with Gasteiger partial charge >= 0.3 is 5.97 Å². The molecule has 4 heterocycles. The van der Waals surface area contributed by atoms with Crippen LogP contribution in [0.15, 0.2) is 51.2 Å². The first-order valence-electron chi connectivity index (χ1n) is 13.0. The van der Waals surface area contributed by atoms with Gasteiger partial charge in [-0.25, -0.2) is 9.78 Å². The highest BCUT2D eigenvalue weighted by atomic mass is 32.2. The lowest BCUT2D eigenvalue weighted by Gasteiger charge is -2.49. The van der Waals surface area contributed by atoms with Crippen molar-refractivity contribution in [2.75, 3.05) is 17.2 Å². The number of Topliss-reactive ketones (excluding diaryl/α,β-unsaturated/α-hetero) is 1. The second-order valence-electron chi connectivity index (χ2n) is 9.84. The van der Waals surface area contributed by atoms with E-state index in [2.05, 4.69) is 15.5 Å². The molecule has 1 saturated heterocycles. The molecule has 0 unspecified atom stereocenters. The molecule has 1 saturated carbocycles. The highest BCUT2D eigenvalue weighted by Crippen LogP contribution is 2.41. The molecular formula is C26H29N6O6S3+. The van der Waals surface area contributed by atoms with Crippen LogP contribution in [0.4, 0.5) is 5.13 Å². The van der Waals surface area contributed by atoms with Crippen LogP contribution in [-0.2, 0) is 30.6 Å². The fraction of sp³-hybridized carbons (Fsp3) is 0.423. The van der Waals surface area contributed by atoms with Gasteiger partial charge in [-0.2, -0.15) is 4.57 Å². The molecule has 0 aromatic carbocycles. The van der Waals surface area contributed by atoms with E-state index in [0.717, 1.165) is 41.9 Å². The zero-order valence-electron chi connectivity index (χ0n) is 22.1. The quantitative estimate of drug-likeness (QED) is 0.111. The van der Waals surface area contributed by atoms with Crippen LogP contribution >= 0.6 is 34.9 Å². The van der Waals surface area contributed by atoms with E-state index in [1.807, 2.05) is 12.1 Å². The van der Waals surface area contributed by atoms with E-state index >= 15 is 0 Å². The van der Waals surface area contributed by atoms with Crippen molar-refractivity contribution in [2.24, 2.45) is 5.16 Å². The number of anilines is 1. The number of nitrogens with one attached hydrogen (secondary N) is 1. The van der Waals surface area contributed by atoms with Crippen LogP contribution < -0.4 is 15.6 Å². The summed E-state index contributed by atoms with van der Waals surface area (Å²) in [6.07, 6.45) is 7.27. The minimum Gasteiger partial charge on any atom is -0.477 e. The number of carboxylic acids is 1. The first-order valence-corrected chi connectivity index (χ1v) is 15.9. The van der Waals surface area contributed by atoms with E-state index < -0.39 is 29.2 Å². The fourth-order valence-electron chi connectivity index (χ4n) is 4.80. The third-order valence-electron chi connectivity index (χ3n) is 6.79. The molecule has 2 amide bonds. The molecule has 5 rings (SSSR count). The first-order chi connectivity index (χ1) is 19.7. The molecule has 216 valence electrons. The minimum atomic E-state index is -1.19. The van der Waals surface area contributed by atoms with Gasteiger partial charge in [0.05, 0.1) is 0 Å². The van der Waals surface area contributed by atoms with E-state index in [9.17, 15) is 24.3 Å². The van der Waals surface area contributed by atoms with Crippen molar-refractivity contribution >= 4 is 69.3 Å². The van der Waals surface area contributed by atoms with Gasteiger partial charge in [0, 0.05) is 40.8 Å². The Hall–Kier alpha value is -3.43. The second-order valence-corrected chi connectivity index (χ2v) is 12.9. The molecule has 0 radical (unpaired) electrons. The minimum absolute atomic E-state index is 0.0443. The summed E-state index contributed by atoms with van der Waals surface area (Å²) in [5.41, 5.74) is 6.51. The molecule has 2 aromatic rings. The highest BCUT2D eigenvalue weighted by molar-refractivity contribution is 8.01. The van der Waals surface area contributed by atoms with Crippen LogP contribution in [-0.4, -0.2) is 73.3 Å². The van der Waals surface area contributed by atoms with Crippen molar-refractivity contribution in [1.82, 2.24) is 15.2 Å². The lowest BCUT2D eigenvalue weighted by Crippen LogP contribution is -2.71. The van der Waals surface area contributed by atoms with Gasteiger partial charge in [-0.05, 0) is 31.3 Å². The van der Waals surface area contributed by atoms with Crippen molar-refractivity contribution in [3.8, 4) is 0 Å². The van der Waals surface area contributed by atoms with Crippen LogP contribution in [0.1, 0.15) is 38.3 Å². The number of pyridine rings is 1. The molecular weight excluding hydrogens is 589 g/mol. The molecule has 12 nitrogen and oxygen atoms in total. The number of carbonyl (C=O) groups is 4. The van der Waals surface area contributed by atoms with Gasteiger partial charge in [0.25, 0.3) is 11.8 Å². The number of nitrogen functional groups attached to an aromatic ring is 1. The van der Waals surface area contributed by atoms with Gasteiger partial charge in [0.15, 0.2) is 29.0 Å². The third kappa shape index (κ3) is 6.57. The van der Waals surface area contributed by atoms with Gasteiger partial charge in [0.2, 0.25) is 6.54 Å². The van der Waals surface area contributed by atoms with E-state index in [4.69, 9.17) is 10.6 Å². The van der Waals surface area contributed by atoms with Crippen molar-refractivity contribution in [3.63, 3.8) is 0 Å². The number of thiazole rings is 1. The van der Waals surface area contributed by atoms with Gasteiger partial charge in [-0.15, -0.1) is 34.9 Å². The molecule has 2 atom stereocenters. The van der Waals surface area contributed by atoms with Gasteiger partial charge in [-0.1, -0.05) is 5.16 Å². The standard InChI is InChI=1S/C26H28N6O6S3/c1-14(33)10-31-8-6-17(7-9-31)39-11-15-12-40-24-20(23(35)32(24)21(15)25(36)37)29-22(34)19(18-13-41-26(27)28-18)30-38-16-4-2-3-5-16/h6-9,13,16,20,24H,2-5,10-12H2,1H3,(H3-,27,28,29,34,36,37)/p+1/b30-19+/t20-,24-/m1/s1. The predicted molar refractivity (Wildman–Crippen MR) is 154 cm³/mol. The average molecular weight is 618 g/mol. The summed E-state index contributed by atoms with van der Waals surface area (Å²) in [5.74, 6) is -1.53. The number of nitrogens with two attached hydrogens (primary N) is 1. The first kappa shape index (κ1) is 29.1. The Morgan fingerprint density at radius 1 is 1.29 bits per heavy atom. The Bertz CT molecular complexity index is 1420.